The molecule has 0 unspecified atom stereocenters. The van der Waals surface area contributed by atoms with Gasteiger partial charge in [-0.3, -0.25) is 4.90 Å². The Balaban J connectivity index is 2.02. The molecular formula is C11H14F2N2. The molecule has 0 bridgehead atoms. The minimum absolute atomic E-state index is 0.252. The van der Waals surface area contributed by atoms with Gasteiger partial charge >= 0.3 is 0 Å². The molecule has 0 fully saturated rings. The van der Waals surface area contributed by atoms with Gasteiger partial charge in [-0.1, -0.05) is 24.3 Å². The van der Waals surface area contributed by atoms with E-state index in [9.17, 15) is 8.78 Å². The highest BCUT2D eigenvalue weighted by molar-refractivity contribution is 5.30. The van der Waals surface area contributed by atoms with Crippen molar-refractivity contribution in [1.29, 1.82) is 0 Å². The molecule has 0 radical (unpaired) electrons. The van der Waals surface area contributed by atoms with Crippen LogP contribution in [0.2, 0.25) is 0 Å². The van der Waals surface area contributed by atoms with Crippen molar-refractivity contribution >= 4 is 0 Å². The number of benzene rings is 1. The predicted octanol–water partition coefficient (Wildman–Crippen LogP) is 1.60. The van der Waals surface area contributed by atoms with Crippen LogP contribution in [0.15, 0.2) is 24.3 Å². The molecule has 4 heteroatoms. The van der Waals surface area contributed by atoms with Crippen molar-refractivity contribution < 1.29 is 8.78 Å². The molecule has 82 valence electrons. The van der Waals surface area contributed by atoms with Crippen molar-refractivity contribution in [3.8, 4) is 0 Å². The van der Waals surface area contributed by atoms with E-state index >= 15 is 0 Å². The van der Waals surface area contributed by atoms with Gasteiger partial charge in [-0.15, -0.1) is 0 Å². The van der Waals surface area contributed by atoms with Crippen LogP contribution in [0.1, 0.15) is 11.1 Å². The Labute approximate surface area is 87.7 Å². The van der Waals surface area contributed by atoms with Gasteiger partial charge in [0.15, 0.2) is 0 Å². The largest absolute Gasteiger partial charge is 0.325 e. The van der Waals surface area contributed by atoms with E-state index in [1.807, 2.05) is 24.3 Å². The summed E-state index contributed by atoms with van der Waals surface area (Å²) in [6.45, 7) is 0.371. The summed E-state index contributed by atoms with van der Waals surface area (Å²) in [6, 6.07) is 7.83. The number of nitrogens with two attached hydrogens (primary N) is 1. The molecule has 2 rings (SSSR count). The third-order valence-corrected chi connectivity index (χ3v) is 2.66. The molecule has 1 aromatic rings. The first-order valence-corrected chi connectivity index (χ1v) is 4.98. The summed E-state index contributed by atoms with van der Waals surface area (Å²) in [5, 5.41) is 0. The molecule has 1 heterocycles. The molecular weight excluding hydrogens is 198 g/mol. The van der Waals surface area contributed by atoms with Crippen LogP contribution in [0.4, 0.5) is 8.78 Å². The lowest BCUT2D eigenvalue weighted by Gasteiger charge is -2.21. The van der Waals surface area contributed by atoms with Crippen molar-refractivity contribution in [3.05, 3.63) is 35.4 Å². The maximum absolute atomic E-state index is 13.1. The monoisotopic (exact) mass is 212 g/mol. The van der Waals surface area contributed by atoms with E-state index in [2.05, 4.69) is 0 Å². The van der Waals surface area contributed by atoms with Gasteiger partial charge in [0.05, 0.1) is 13.1 Å². The smallest absolute Gasteiger partial charge is 0.272 e. The Hall–Kier alpha value is -1.00. The van der Waals surface area contributed by atoms with Crippen molar-refractivity contribution in [1.82, 2.24) is 4.90 Å². The summed E-state index contributed by atoms with van der Waals surface area (Å²) >= 11 is 0. The second-order valence-corrected chi connectivity index (χ2v) is 3.97. The number of hydrogen-bond acceptors (Lipinski definition) is 2. The van der Waals surface area contributed by atoms with Crippen molar-refractivity contribution in [2.45, 2.75) is 19.0 Å². The zero-order chi connectivity index (χ0) is 10.9. The normalized spacial score (nSPS) is 16.7. The number of nitrogens with zero attached hydrogens (tertiary/aromatic N) is 1. The molecule has 0 aromatic heterocycles. The predicted molar refractivity (Wildman–Crippen MR) is 54.6 cm³/mol. The van der Waals surface area contributed by atoms with Crippen molar-refractivity contribution in [2.24, 2.45) is 5.73 Å². The maximum Gasteiger partial charge on any atom is 0.272 e. The zero-order valence-corrected chi connectivity index (χ0v) is 8.42. The quantitative estimate of drug-likeness (QED) is 0.824. The van der Waals surface area contributed by atoms with E-state index in [1.54, 1.807) is 4.90 Å². The minimum Gasteiger partial charge on any atom is -0.325 e. The van der Waals surface area contributed by atoms with E-state index in [1.165, 1.54) is 0 Å². The van der Waals surface area contributed by atoms with Gasteiger partial charge in [-0.25, -0.2) is 8.78 Å². The molecule has 0 spiro atoms. The summed E-state index contributed by atoms with van der Waals surface area (Å²) in [4.78, 5) is 1.73. The first kappa shape index (κ1) is 10.5. The summed E-state index contributed by atoms with van der Waals surface area (Å²) in [7, 11) is 0. The molecule has 0 aliphatic carbocycles. The standard InChI is InChI=1S/C11H14F2N2/c12-11(13,7-14)8-15-5-9-3-1-2-4-10(9)6-15/h1-4H,5-8,14H2. The number of alkyl halides is 2. The molecule has 0 saturated heterocycles. The lowest BCUT2D eigenvalue weighted by Crippen LogP contribution is -2.39. The molecule has 2 nitrogen and oxygen atoms in total. The van der Waals surface area contributed by atoms with Gasteiger partial charge in [0.2, 0.25) is 0 Å². The summed E-state index contributed by atoms with van der Waals surface area (Å²) < 4.78 is 26.1. The topological polar surface area (TPSA) is 29.3 Å². The third kappa shape index (κ3) is 2.33. The van der Waals surface area contributed by atoms with Gasteiger partial charge in [0.1, 0.15) is 0 Å². The SMILES string of the molecule is NCC(F)(F)CN1Cc2ccccc2C1. The third-order valence-electron chi connectivity index (χ3n) is 2.66. The van der Waals surface area contributed by atoms with E-state index < -0.39 is 12.5 Å². The average molecular weight is 212 g/mol. The van der Waals surface area contributed by atoms with Gasteiger partial charge in [0, 0.05) is 13.1 Å². The fourth-order valence-corrected chi connectivity index (χ4v) is 1.91. The second-order valence-electron chi connectivity index (χ2n) is 3.97. The van der Waals surface area contributed by atoms with Crippen LogP contribution in [0.25, 0.3) is 0 Å². The summed E-state index contributed by atoms with van der Waals surface area (Å²) in [5.74, 6) is -2.78. The van der Waals surface area contributed by atoms with E-state index in [4.69, 9.17) is 5.73 Å². The Morgan fingerprint density at radius 3 is 2.20 bits per heavy atom. The lowest BCUT2D eigenvalue weighted by atomic mass is 10.1. The fraction of sp³-hybridized carbons (Fsp3) is 0.455. The number of hydrogen-bond donors (Lipinski definition) is 1. The molecule has 1 aromatic carbocycles. The molecule has 1 aliphatic rings. The van der Waals surface area contributed by atoms with Gasteiger partial charge in [-0.2, -0.15) is 0 Å². The van der Waals surface area contributed by atoms with Crippen LogP contribution in [-0.4, -0.2) is 23.9 Å². The summed E-state index contributed by atoms with van der Waals surface area (Å²) in [6.07, 6.45) is 0. The minimum atomic E-state index is -2.78. The van der Waals surface area contributed by atoms with Crippen molar-refractivity contribution in [3.63, 3.8) is 0 Å². The molecule has 0 amide bonds. The molecule has 1 aliphatic heterocycles. The second kappa shape index (κ2) is 3.87. The first-order valence-electron chi connectivity index (χ1n) is 4.98. The Bertz CT molecular complexity index is 327. The average Bonchev–Trinajstić information content (AvgIpc) is 2.58. The number of rotatable bonds is 3. The lowest BCUT2D eigenvalue weighted by molar-refractivity contribution is -0.0247. The van der Waals surface area contributed by atoms with Crippen LogP contribution >= 0.6 is 0 Å². The Morgan fingerprint density at radius 1 is 1.20 bits per heavy atom. The Kier molecular flexibility index (Phi) is 2.71. The Morgan fingerprint density at radius 2 is 1.73 bits per heavy atom. The maximum atomic E-state index is 13.1. The molecule has 0 saturated carbocycles. The number of fused-ring (bicyclic) bond motifs is 1. The van der Waals surface area contributed by atoms with Crippen LogP contribution < -0.4 is 5.73 Å². The molecule has 0 atom stereocenters. The first-order chi connectivity index (χ1) is 7.11. The van der Waals surface area contributed by atoms with E-state index in [0.717, 1.165) is 11.1 Å². The highest BCUT2D eigenvalue weighted by Crippen LogP contribution is 2.25. The van der Waals surface area contributed by atoms with Crippen LogP contribution in [0, 0.1) is 0 Å². The van der Waals surface area contributed by atoms with Gasteiger partial charge < -0.3 is 5.73 Å². The summed E-state index contributed by atoms with van der Waals surface area (Å²) in [5.41, 5.74) is 7.30. The van der Waals surface area contributed by atoms with Crippen LogP contribution in [-0.2, 0) is 13.1 Å². The van der Waals surface area contributed by atoms with Gasteiger partial charge in [0.25, 0.3) is 5.92 Å². The van der Waals surface area contributed by atoms with E-state index in [-0.39, 0.29) is 6.54 Å². The van der Waals surface area contributed by atoms with Gasteiger partial charge in [-0.05, 0) is 11.1 Å². The van der Waals surface area contributed by atoms with Crippen LogP contribution in [0.3, 0.4) is 0 Å². The molecule has 15 heavy (non-hydrogen) atoms. The number of halogens is 2. The zero-order valence-electron chi connectivity index (χ0n) is 8.42. The van der Waals surface area contributed by atoms with Crippen molar-refractivity contribution in [2.75, 3.05) is 13.1 Å². The molecule has 2 N–H and O–H groups in total. The fourth-order valence-electron chi connectivity index (χ4n) is 1.91. The highest BCUT2D eigenvalue weighted by atomic mass is 19.3. The van der Waals surface area contributed by atoms with Crippen LogP contribution in [0.5, 0.6) is 0 Å². The highest BCUT2D eigenvalue weighted by Gasteiger charge is 2.32. The van der Waals surface area contributed by atoms with E-state index in [0.29, 0.717) is 13.1 Å².